The van der Waals surface area contributed by atoms with Crippen LogP contribution in [0.3, 0.4) is 0 Å². The van der Waals surface area contributed by atoms with E-state index in [0.29, 0.717) is 36.3 Å². The molecule has 0 bridgehead atoms. The highest BCUT2D eigenvalue weighted by Crippen LogP contribution is 2.30. The van der Waals surface area contributed by atoms with Crippen LogP contribution >= 0.6 is 0 Å². The van der Waals surface area contributed by atoms with E-state index in [1.165, 1.54) is 4.90 Å². The second kappa shape index (κ2) is 7.56. The summed E-state index contributed by atoms with van der Waals surface area (Å²) in [6, 6.07) is 3.47. The fraction of sp³-hybridized carbons (Fsp3) is 0.550. The summed E-state index contributed by atoms with van der Waals surface area (Å²) in [5.41, 5.74) is 2.49. The molecule has 2 aliphatic rings. The molecule has 1 aromatic carbocycles. The molecule has 3 rings (SSSR count). The SMILES string of the molecule is Cc1ccc(C(=O)C2CCCN2C(=O)C2CCCN2C(=O)C(F)(F)F)cc1C. The molecule has 2 amide bonds. The number of alkyl halides is 3. The Hall–Kier alpha value is -2.38. The Balaban J connectivity index is 1.80. The molecule has 0 saturated carbocycles. The lowest BCUT2D eigenvalue weighted by atomic mass is 9.98. The number of carbonyl (C=O) groups is 3. The normalized spacial score (nSPS) is 22.6. The van der Waals surface area contributed by atoms with Gasteiger partial charge in [0.05, 0.1) is 6.04 Å². The van der Waals surface area contributed by atoms with Gasteiger partial charge in [0.15, 0.2) is 5.78 Å². The Kier molecular flexibility index (Phi) is 5.50. The van der Waals surface area contributed by atoms with Gasteiger partial charge in [-0.05, 0) is 56.7 Å². The van der Waals surface area contributed by atoms with Crippen molar-refractivity contribution in [1.82, 2.24) is 9.80 Å². The molecular formula is C20H23F3N2O3. The zero-order valence-electron chi connectivity index (χ0n) is 15.9. The number of hydrogen-bond donors (Lipinski definition) is 0. The Morgan fingerprint density at radius 1 is 0.929 bits per heavy atom. The predicted octanol–water partition coefficient (Wildman–Crippen LogP) is 3.03. The summed E-state index contributed by atoms with van der Waals surface area (Å²) in [4.78, 5) is 39.6. The zero-order chi connectivity index (χ0) is 20.6. The van der Waals surface area contributed by atoms with Crippen LogP contribution in [0.4, 0.5) is 13.2 Å². The van der Waals surface area contributed by atoms with Crippen molar-refractivity contribution in [3.05, 3.63) is 34.9 Å². The molecule has 2 unspecified atom stereocenters. The fourth-order valence-corrected chi connectivity index (χ4v) is 4.01. The lowest BCUT2D eigenvalue weighted by Crippen LogP contribution is -2.53. The highest BCUT2D eigenvalue weighted by Gasteiger charge is 2.49. The van der Waals surface area contributed by atoms with Gasteiger partial charge in [0, 0.05) is 18.7 Å². The van der Waals surface area contributed by atoms with Crippen molar-refractivity contribution in [3.8, 4) is 0 Å². The van der Waals surface area contributed by atoms with Gasteiger partial charge < -0.3 is 9.80 Å². The molecule has 2 atom stereocenters. The molecule has 28 heavy (non-hydrogen) atoms. The topological polar surface area (TPSA) is 57.7 Å². The number of amides is 2. The molecule has 152 valence electrons. The van der Waals surface area contributed by atoms with Gasteiger partial charge in [-0.25, -0.2) is 0 Å². The molecule has 5 nitrogen and oxygen atoms in total. The summed E-state index contributed by atoms with van der Waals surface area (Å²) in [7, 11) is 0. The van der Waals surface area contributed by atoms with Gasteiger partial charge in [-0.2, -0.15) is 13.2 Å². The summed E-state index contributed by atoms with van der Waals surface area (Å²) >= 11 is 0. The maximum Gasteiger partial charge on any atom is 0.471 e. The van der Waals surface area contributed by atoms with Gasteiger partial charge in [-0.15, -0.1) is 0 Å². The van der Waals surface area contributed by atoms with Crippen LogP contribution in [-0.4, -0.2) is 58.7 Å². The molecule has 2 heterocycles. The molecule has 8 heteroatoms. The predicted molar refractivity (Wildman–Crippen MR) is 95.8 cm³/mol. The maximum absolute atomic E-state index is 13.0. The molecule has 2 aliphatic heterocycles. The number of benzene rings is 1. The van der Waals surface area contributed by atoms with Gasteiger partial charge >= 0.3 is 12.1 Å². The number of likely N-dealkylation sites (tertiary alicyclic amines) is 2. The third-order valence-electron chi connectivity index (χ3n) is 5.67. The Morgan fingerprint density at radius 3 is 2.14 bits per heavy atom. The van der Waals surface area contributed by atoms with Crippen LogP contribution in [0.25, 0.3) is 0 Å². The van der Waals surface area contributed by atoms with Crippen LogP contribution in [0.15, 0.2) is 18.2 Å². The van der Waals surface area contributed by atoms with Crippen molar-refractivity contribution in [2.75, 3.05) is 13.1 Å². The Morgan fingerprint density at radius 2 is 1.54 bits per heavy atom. The number of Topliss-reactive ketones (excluding diaryl/α,β-unsaturated/α-hetero) is 1. The third kappa shape index (κ3) is 3.77. The van der Waals surface area contributed by atoms with Crippen molar-refractivity contribution in [1.29, 1.82) is 0 Å². The number of halogens is 3. The Labute approximate surface area is 161 Å². The largest absolute Gasteiger partial charge is 0.471 e. The van der Waals surface area contributed by atoms with E-state index in [2.05, 4.69) is 0 Å². The van der Waals surface area contributed by atoms with E-state index in [1.807, 2.05) is 19.9 Å². The minimum absolute atomic E-state index is 0.0988. The van der Waals surface area contributed by atoms with E-state index in [1.54, 1.807) is 12.1 Å². The van der Waals surface area contributed by atoms with Crippen LogP contribution in [0, 0.1) is 13.8 Å². The van der Waals surface area contributed by atoms with Crippen molar-refractivity contribution in [2.45, 2.75) is 57.8 Å². The molecule has 2 fully saturated rings. The fourth-order valence-electron chi connectivity index (χ4n) is 4.01. The highest BCUT2D eigenvalue weighted by atomic mass is 19.4. The van der Waals surface area contributed by atoms with E-state index >= 15 is 0 Å². The van der Waals surface area contributed by atoms with E-state index in [0.717, 1.165) is 11.1 Å². The summed E-state index contributed by atoms with van der Waals surface area (Å²) in [5, 5.41) is 0. The van der Waals surface area contributed by atoms with Crippen molar-refractivity contribution in [3.63, 3.8) is 0 Å². The zero-order valence-corrected chi connectivity index (χ0v) is 15.9. The number of rotatable bonds is 3. The minimum atomic E-state index is -5.01. The van der Waals surface area contributed by atoms with Crippen molar-refractivity contribution in [2.24, 2.45) is 0 Å². The van der Waals surface area contributed by atoms with E-state index in [-0.39, 0.29) is 18.7 Å². The van der Waals surface area contributed by atoms with Crippen LogP contribution < -0.4 is 0 Å². The first-order chi connectivity index (χ1) is 13.1. The minimum Gasteiger partial charge on any atom is -0.330 e. The standard InChI is InChI=1S/C20H23F3N2O3/c1-12-7-8-14(11-13(12)2)17(26)15-5-3-9-24(15)18(27)16-6-4-10-25(16)19(28)20(21,22)23/h7-8,11,15-16H,3-6,9-10H2,1-2H3. The highest BCUT2D eigenvalue weighted by molar-refractivity contribution is 6.03. The number of ketones is 1. The van der Waals surface area contributed by atoms with Gasteiger partial charge in [0.25, 0.3) is 0 Å². The average molecular weight is 396 g/mol. The third-order valence-corrected chi connectivity index (χ3v) is 5.67. The smallest absolute Gasteiger partial charge is 0.330 e. The molecule has 0 aliphatic carbocycles. The van der Waals surface area contributed by atoms with E-state index in [9.17, 15) is 27.6 Å². The maximum atomic E-state index is 13.0. The van der Waals surface area contributed by atoms with Crippen LogP contribution in [0.1, 0.15) is 47.2 Å². The molecule has 0 N–H and O–H groups in total. The first-order valence-corrected chi connectivity index (χ1v) is 9.41. The summed E-state index contributed by atoms with van der Waals surface area (Å²) in [6.45, 7) is 4.03. The van der Waals surface area contributed by atoms with Gasteiger partial charge in [-0.3, -0.25) is 14.4 Å². The van der Waals surface area contributed by atoms with Crippen molar-refractivity contribution >= 4 is 17.6 Å². The first-order valence-electron chi connectivity index (χ1n) is 9.41. The molecule has 0 radical (unpaired) electrons. The van der Waals surface area contributed by atoms with Gasteiger partial charge in [0.2, 0.25) is 5.91 Å². The first kappa shape index (κ1) is 20.4. The summed E-state index contributed by atoms with van der Waals surface area (Å²) in [6.07, 6.45) is -3.42. The number of nitrogens with zero attached hydrogens (tertiary/aromatic N) is 2. The number of aryl methyl sites for hydroxylation is 2. The average Bonchev–Trinajstić information content (AvgIpc) is 3.30. The van der Waals surface area contributed by atoms with Gasteiger partial charge in [0.1, 0.15) is 6.04 Å². The van der Waals surface area contributed by atoms with Crippen LogP contribution in [0.2, 0.25) is 0 Å². The lowest BCUT2D eigenvalue weighted by molar-refractivity contribution is -0.187. The quantitative estimate of drug-likeness (QED) is 0.738. The molecular weight excluding hydrogens is 373 g/mol. The second-order valence-electron chi connectivity index (χ2n) is 7.51. The summed E-state index contributed by atoms with van der Waals surface area (Å²) in [5.74, 6) is -2.75. The summed E-state index contributed by atoms with van der Waals surface area (Å²) < 4.78 is 38.5. The molecule has 2 saturated heterocycles. The molecule has 0 spiro atoms. The van der Waals surface area contributed by atoms with Crippen LogP contribution in [-0.2, 0) is 9.59 Å². The second-order valence-corrected chi connectivity index (χ2v) is 7.51. The number of hydrogen-bond acceptors (Lipinski definition) is 3. The van der Waals surface area contributed by atoms with Crippen molar-refractivity contribution < 1.29 is 27.6 Å². The Bertz CT molecular complexity index is 806. The van der Waals surface area contributed by atoms with E-state index < -0.39 is 30.1 Å². The molecule has 0 aromatic heterocycles. The monoisotopic (exact) mass is 396 g/mol. The van der Waals surface area contributed by atoms with E-state index in [4.69, 9.17) is 0 Å². The van der Waals surface area contributed by atoms with Gasteiger partial charge in [-0.1, -0.05) is 12.1 Å². The number of carbonyl (C=O) groups excluding carboxylic acids is 3. The molecule has 1 aromatic rings. The van der Waals surface area contributed by atoms with Crippen LogP contribution in [0.5, 0.6) is 0 Å². The lowest BCUT2D eigenvalue weighted by Gasteiger charge is -2.31.